The first-order valence-corrected chi connectivity index (χ1v) is 2.46. The van der Waals surface area contributed by atoms with Crippen molar-refractivity contribution in [1.82, 2.24) is 5.32 Å². The third kappa shape index (κ3) is 0.815. The zero-order valence-corrected chi connectivity index (χ0v) is 4.12. The lowest BCUT2D eigenvalue weighted by molar-refractivity contribution is 0.905. The average molecular weight is 96.1 g/mol. The standard InChI is InChI=1S/C5H8N2/c6-4-5-2-1-3-7-5/h6-7H,1-3H2. The number of nitrogens with one attached hydrogen (secondary N) is 2. The van der Waals surface area contributed by atoms with Crippen molar-refractivity contribution in [2.24, 2.45) is 0 Å². The van der Waals surface area contributed by atoms with Gasteiger partial charge in [0.2, 0.25) is 0 Å². The van der Waals surface area contributed by atoms with Crippen LogP contribution in [0.2, 0.25) is 0 Å². The molecule has 0 aromatic carbocycles. The molecule has 0 atom stereocenters. The van der Waals surface area contributed by atoms with Crippen molar-refractivity contribution in [3.05, 3.63) is 5.70 Å². The van der Waals surface area contributed by atoms with Gasteiger partial charge in [-0.05, 0) is 18.7 Å². The molecule has 0 aliphatic carbocycles. The highest BCUT2D eigenvalue weighted by Crippen LogP contribution is 2.03. The van der Waals surface area contributed by atoms with Gasteiger partial charge in [-0.1, -0.05) is 0 Å². The molecular weight excluding hydrogens is 88.1 g/mol. The highest BCUT2D eigenvalue weighted by Gasteiger charge is 2.01. The molecule has 7 heavy (non-hydrogen) atoms. The van der Waals surface area contributed by atoms with E-state index in [1.54, 1.807) is 0 Å². The smallest absolute Gasteiger partial charge is 0.0728 e. The van der Waals surface area contributed by atoms with Gasteiger partial charge in [0.25, 0.3) is 0 Å². The van der Waals surface area contributed by atoms with E-state index in [0.29, 0.717) is 0 Å². The topological polar surface area (TPSA) is 35.9 Å². The highest BCUT2D eigenvalue weighted by atomic mass is 14.9. The second kappa shape index (κ2) is 1.80. The summed E-state index contributed by atoms with van der Waals surface area (Å²) in [5, 5.41) is 9.67. The van der Waals surface area contributed by atoms with Crippen LogP contribution in [0.1, 0.15) is 12.8 Å². The van der Waals surface area contributed by atoms with E-state index in [2.05, 4.69) is 11.2 Å². The quantitative estimate of drug-likeness (QED) is 0.423. The number of allylic oxidation sites excluding steroid dienone is 1. The summed E-state index contributed by atoms with van der Waals surface area (Å²) in [6.45, 7) is 1.03. The zero-order chi connectivity index (χ0) is 5.11. The summed E-state index contributed by atoms with van der Waals surface area (Å²) in [7, 11) is 0. The summed E-state index contributed by atoms with van der Waals surface area (Å²) in [4.78, 5) is 0. The van der Waals surface area contributed by atoms with Gasteiger partial charge < -0.3 is 5.32 Å². The van der Waals surface area contributed by atoms with E-state index >= 15 is 0 Å². The lowest BCUT2D eigenvalue weighted by Crippen LogP contribution is -2.02. The van der Waals surface area contributed by atoms with E-state index < -0.39 is 0 Å². The Hall–Kier alpha value is -0.750. The van der Waals surface area contributed by atoms with Gasteiger partial charge in [-0.25, -0.2) is 0 Å². The Morgan fingerprint density at radius 2 is 2.57 bits per heavy atom. The Morgan fingerprint density at radius 1 is 1.71 bits per heavy atom. The predicted octanol–water partition coefficient (Wildman–Crippen LogP) is 0.502. The first-order valence-electron chi connectivity index (χ1n) is 2.46. The molecule has 2 N–H and O–H groups in total. The van der Waals surface area contributed by atoms with Gasteiger partial charge in [0.15, 0.2) is 0 Å². The van der Waals surface area contributed by atoms with E-state index in [1.165, 1.54) is 6.42 Å². The summed E-state index contributed by atoms with van der Waals surface area (Å²) in [6.07, 6.45) is 2.19. The van der Waals surface area contributed by atoms with Crippen LogP contribution in [-0.2, 0) is 0 Å². The summed E-state index contributed by atoms with van der Waals surface area (Å²) < 4.78 is 0. The van der Waals surface area contributed by atoms with E-state index in [-0.39, 0.29) is 0 Å². The number of rotatable bonds is 0. The van der Waals surface area contributed by atoms with Crippen LogP contribution < -0.4 is 5.32 Å². The van der Waals surface area contributed by atoms with E-state index in [0.717, 1.165) is 18.7 Å². The van der Waals surface area contributed by atoms with Crippen LogP contribution >= 0.6 is 0 Å². The predicted molar refractivity (Wildman–Crippen MR) is 28.5 cm³/mol. The minimum Gasteiger partial charge on any atom is -0.381 e. The largest absolute Gasteiger partial charge is 0.381 e. The lowest BCUT2D eigenvalue weighted by atomic mass is 10.3. The summed E-state index contributed by atoms with van der Waals surface area (Å²) in [5.41, 5.74) is 0.958. The molecule has 2 heteroatoms. The Kier molecular flexibility index (Phi) is 1.14. The third-order valence-electron chi connectivity index (χ3n) is 1.09. The van der Waals surface area contributed by atoms with Crippen molar-refractivity contribution >= 4 is 5.87 Å². The number of hydrogen-bond acceptors (Lipinski definition) is 2. The Labute approximate surface area is 42.7 Å². The fraction of sp³-hybridized carbons (Fsp3) is 0.600. The molecule has 38 valence electrons. The molecule has 0 bridgehead atoms. The normalized spacial score (nSPS) is 18.6. The van der Waals surface area contributed by atoms with Crippen LogP contribution in [0.4, 0.5) is 0 Å². The van der Waals surface area contributed by atoms with Gasteiger partial charge in [-0.15, -0.1) is 0 Å². The maximum Gasteiger partial charge on any atom is 0.0728 e. The maximum absolute atomic E-state index is 6.65. The summed E-state index contributed by atoms with van der Waals surface area (Å²) >= 11 is 0. The average Bonchev–Trinajstić information content (AvgIpc) is 2.14. The van der Waals surface area contributed by atoms with Crippen molar-refractivity contribution in [2.45, 2.75) is 12.8 Å². The second-order valence-electron chi connectivity index (χ2n) is 1.63. The minimum absolute atomic E-state index is 0.958. The van der Waals surface area contributed by atoms with Crippen LogP contribution in [0.25, 0.3) is 0 Å². The molecule has 1 aliphatic heterocycles. The number of hydrogen-bond donors (Lipinski definition) is 2. The Bertz CT molecular complexity index is 103. The first kappa shape index (κ1) is 4.41. The summed E-state index contributed by atoms with van der Waals surface area (Å²) in [6, 6.07) is 0. The van der Waals surface area contributed by atoms with Crippen molar-refractivity contribution in [3.8, 4) is 0 Å². The van der Waals surface area contributed by atoms with Crippen LogP contribution in [0.15, 0.2) is 5.70 Å². The minimum atomic E-state index is 0.958. The second-order valence-corrected chi connectivity index (χ2v) is 1.63. The molecule has 2 nitrogen and oxygen atoms in total. The monoisotopic (exact) mass is 96.1 g/mol. The summed E-state index contributed by atoms with van der Waals surface area (Å²) in [5.74, 6) is 2.32. The maximum atomic E-state index is 6.65. The van der Waals surface area contributed by atoms with E-state index in [9.17, 15) is 0 Å². The zero-order valence-electron chi connectivity index (χ0n) is 4.12. The molecule has 1 rings (SSSR count). The SMILES string of the molecule is N=C=C1CCCN1. The van der Waals surface area contributed by atoms with Gasteiger partial charge in [0, 0.05) is 6.54 Å². The van der Waals surface area contributed by atoms with Crippen LogP contribution in [-0.4, -0.2) is 12.4 Å². The van der Waals surface area contributed by atoms with Gasteiger partial charge in [0.1, 0.15) is 0 Å². The van der Waals surface area contributed by atoms with Gasteiger partial charge in [0.05, 0.1) is 5.70 Å². The molecule has 0 spiro atoms. The molecule has 0 amide bonds. The Morgan fingerprint density at radius 3 is 2.86 bits per heavy atom. The van der Waals surface area contributed by atoms with Crippen molar-refractivity contribution in [1.29, 1.82) is 5.41 Å². The Balaban J connectivity index is 2.57. The molecule has 1 aliphatic rings. The molecule has 1 saturated heterocycles. The van der Waals surface area contributed by atoms with E-state index in [4.69, 9.17) is 5.41 Å². The van der Waals surface area contributed by atoms with Gasteiger partial charge in [-0.3, -0.25) is 5.41 Å². The van der Waals surface area contributed by atoms with Crippen LogP contribution in [0.5, 0.6) is 0 Å². The molecule has 1 fully saturated rings. The van der Waals surface area contributed by atoms with Crippen molar-refractivity contribution in [2.75, 3.05) is 6.54 Å². The molecule has 1 heterocycles. The molecule has 0 radical (unpaired) electrons. The lowest BCUT2D eigenvalue weighted by Gasteiger charge is -1.85. The molecular formula is C5H8N2. The van der Waals surface area contributed by atoms with E-state index in [1.807, 2.05) is 0 Å². The highest BCUT2D eigenvalue weighted by molar-refractivity contribution is 5.53. The van der Waals surface area contributed by atoms with Gasteiger partial charge in [-0.2, -0.15) is 0 Å². The molecule has 0 aromatic rings. The first-order chi connectivity index (χ1) is 3.43. The fourth-order valence-corrected chi connectivity index (χ4v) is 0.700. The molecule has 0 saturated carbocycles. The van der Waals surface area contributed by atoms with Gasteiger partial charge >= 0.3 is 0 Å². The fourth-order valence-electron chi connectivity index (χ4n) is 0.700. The van der Waals surface area contributed by atoms with Crippen molar-refractivity contribution in [3.63, 3.8) is 0 Å². The van der Waals surface area contributed by atoms with Crippen LogP contribution in [0.3, 0.4) is 0 Å². The van der Waals surface area contributed by atoms with Crippen LogP contribution in [0, 0.1) is 5.41 Å². The molecule has 0 unspecified atom stereocenters. The third-order valence-corrected chi connectivity index (χ3v) is 1.09. The molecule has 0 aromatic heterocycles. The van der Waals surface area contributed by atoms with Crippen molar-refractivity contribution < 1.29 is 0 Å².